The first-order valence-corrected chi connectivity index (χ1v) is 13.0. The fourth-order valence-electron chi connectivity index (χ4n) is 4.47. The van der Waals surface area contributed by atoms with E-state index in [9.17, 15) is 13.2 Å². The van der Waals surface area contributed by atoms with Crippen molar-refractivity contribution in [2.75, 3.05) is 46.1 Å². The Hall–Kier alpha value is -2.46. The van der Waals surface area contributed by atoms with E-state index in [1.807, 2.05) is 13.0 Å². The molecule has 2 aliphatic heterocycles. The van der Waals surface area contributed by atoms with Crippen LogP contribution in [0.1, 0.15) is 27.9 Å². The van der Waals surface area contributed by atoms with Crippen molar-refractivity contribution in [1.82, 2.24) is 10.2 Å². The smallest absolute Gasteiger partial charge is 0.339 e. The summed E-state index contributed by atoms with van der Waals surface area (Å²) in [6, 6.07) is 11.5. The summed E-state index contributed by atoms with van der Waals surface area (Å²) in [4.78, 5) is 15.3. The summed E-state index contributed by atoms with van der Waals surface area (Å²) in [5.41, 5.74) is 1.89. The summed E-state index contributed by atoms with van der Waals surface area (Å²) in [6.07, 6.45) is 0.985. The van der Waals surface area contributed by atoms with Crippen LogP contribution in [0, 0.1) is 19.8 Å². The normalized spacial score (nSPS) is 20.1. The first kappa shape index (κ1) is 24.7. The van der Waals surface area contributed by atoms with E-state index in [0.717, 1.165) is 31.7 Å². The van der Waals surface area contributed by atoms with Gasteiger partial charge in [0.15, 0.2) is 0 Å². The summed E-state index contributed by atoms with van der Waals surface area (Å²) >= 11 is 0. The Bertz CT molecular complexity index is 1090. The molecule has 0 saturated carbocycles. The fourth-order valence-corrected chi connectivity index (χ4v) is 5.72. The van der Waals surface area contributed by atoms with Crippen LogP contribution in [0.5, 0.6) is 5.75 Å². The number of carbonyl (C=O) groups excluding carboxylic acids is 1. The highest BCUT2D eigenvalue weighted by molar-refractivity contribution is 7.87. The molecule has 2 heterocycles. The molecular formula is C25H32N2O6S. The van der Waals surface area contributed by atoms with E-state index in [2.05, 4.69) is 10.2 Å². The van der Waals surface area contributed by atoms with Gasteiger partial charge in [-0.05, 0) is 61.7 Å². The van der Waals surface area contributed by atoms with Crippen LogP contribution in [0.15, 0.2) is 47.4 Å². The van der Waals surface area contributed by atoms with Crippen LogP contribution in [0.2, 0.25) is 0 Å². The molecule has 2 aliphatic rings. The topological polar surface area (TPSA) is 94.2 Å². The Labute approximate surface area is 201 Å². The van der Waals surface area contributed by atoms with E-state index in [4.69, 9.17) is 13.7 Å². The Morgan fingerprint density at radius 2 is 1.82 bits per heavy atom. The Morgan fingerprint density at radius 1 is 1.09 bits per heavy atom. The van der Waals surface area contributed by atoms with E-state index in [0.29, 0.717) is 43.4 Å². The third kappa shape index (κ3) is 5.96. The summed E-state index contributed by atoms with van der Waals surface area (Å²) in [6.45, 7) is 8.63. The predicted molar refractivity (Wildman–Crippen MR) is 128 cm³/mol. The first-order chi connectivity index (χ1) is 16.3. The molecule has 34 heavy (non-hydrogen) atoms. The fraction of sp³-hybridized carbons (Fsp3) is 0.480. The molecule has 8 nitrogen and oxygen atoms in total. The van der Waals surface area contributed by atoms with Crippen molar-refractivity contribution in [3.05, 3.63) is 59.2 Å². The number of rotatable bonds is 8. The zero-order chi connectivity index (χ0) is 24.1. The third-order valence-corrected chi connectivity index (χ3v) is 7.82. The zero-order valence-electron chi connectivity index (χ0n) is 19.7. The number of amides is 1. The summed E-state index contributed by atoms with van der Waals surface area (Å²) < 4.78 is 41.8. The molecule has 0 radical (unpaired) electrons. The van der Waals surface area contributed by atoms with Crippen molar-refractivity contribution >= 4 is 16.0 Å². The van der Waals surface area contributed by atoms with E-state index < -0.39 is 10.1 Å². The molecular weight excluding hydrogens is 456 g/mol. The Kier molecular flexibility index (Phi) is 7.88. The van der Waals surface area contributed by atoms with Crippen molar-refractivity contribution in [3.63, 3.8) is 0 Å². The molecule has 1 amide bonds. The van der Waals surface area contributed by atoms with Crippen molar-refractivity contribution in [1.29, 1.82) is 0 Å². The number of aryl methyl sites for hydroxylation is 2. The van der Waals surface area contributed by atoms with Gasteiger partial charge >= 0.3 is 10.1 Å². The van der Waals surface area contributed by atoms with E-state index in [1.54, 1.807) is 31.2 Å². The lowest BCUT2D eigenvalue weighted by atomic mass is 9.96. The minimum atomic E-state index is -3.97. The maximum absolute atomic E-state index is 12.8. The zero-order valence-corrected chi connectivity index (χ0v) is 20.5. The summed E-state index contributed by atoms with van der Waals surface area (Å²) in [5.74, 6) is 0.331. The molecule has 0 bridgehead atoms. The van der Waals surface area contributed by atoms with Gasteiger partial charge in [-0.3, -0.25) is 9.69 Å². The molecule has 2 unspecified atom stereocenters. The molecule has 4 rings (SSSR count). The number of carbonyl (C=O) groups is 1. The lowest BCUT2D eigenvalue weighted by Gasteiger charge is -2.37. The maximum Gasteiger partial charge on any atom is 0.339 e. The number of ether oxygens (including phenoxy) is 2. The lowest BCUT2D eigenvalue weighted by Crippen LogP contribution is -2.52. The van der Waals surface area contributed by atoms with Crippen molar-refractivity contribution < 1.29 is 26.9 Å². The van der Waals surface area contributed by atoms with Crippen LogP contribution in [-0.4, -0.2) is 71.3 Å². The second kappa shape index (κ2) is 10.9. The summed E-state index contributed by atoms with van der Waals surface area (Å²) in [7, 11) is -3.97. The average Bonchev–Trinajstić information content (AvgIpc) is 3.36. The van der Waals surface area contributed by atoms with Gasteiger partial charge in [-0.1, -0.05) is 12.1 Å². The maximum atomic E-state index is 12.8. The molecule has 2 saturated heterocycles. The van der Waals surface area contributed by atoms with Gasteiger partial charge in [-0.15, -0.1) is 0 Å². The highest BCUT2D eigenvalue weighted by Gasteiger charge is 2.31. The average molecular weight is 489 g/mol. The van der Waals surface area contributed by atoms with Gasteiger partial charge in [-0.25, -0.2) is 0 Å². The number of morpholine rings is 1. The second-order valence-electron chi connectivity index (χ2n) is 8.88. The number of nitrogens with one attached hydrogen (secondary N) is 1. The van der Waals surface area contributed by atoms with Crippen molar-refractivity contribution in [2.45, 2.75) is 31.2 Å². The molecule has 2 atom stereocenters. The molecule has 0 spiro atoms. The van der Waals surface area contributed by atoms with Crippen LogP contribution in [0.4, 0.5) is 0 Å². The number of benzene rings is 2. The SMILES string of the molecule is Cc1ccc(C)c(S(=O)(=O)Oc2ccc(C(=O)NCC(C3CCOC3)N3CCOCC3)cc2)c1. The van der Waals surface area contributed by atoms with Gasteiger partial charge < -0.3 is 19.0 Å². The monoisotopic (exact) mass is 488 g/mol. The van der Waals surface area contributed by atoms with Gasteiger partial charge in [0.05, 0.1) is 19.8 Å². The van der Waals surface area contributed by atoms with Crippen LogP contribution in [0.3, 0.4) is 0 Å². The largest absolute Gasteiger partial charge is 0.381 e. The van der Waals surface area contributed by atoms with Crippen LogP contribution in [-0.2, 0) is 19.6 Å². The minimum absolute atomic E-state index is 0.138. The van der Waals surface area contributed by atoms with E-state index in [-0.39, 0.29) is 22.6 Å². The molecule has 1 N–H and O–H groups in total. The molecule has 2 aromatic rings. The highest BCUT2D eigenvalue weighted by atomic mass is 32.2. The predicted octanol–water partition coefficient (Wildman–Crippen LogP) is 2.54. The molecule has 184 valence electrons. The van der Waals surface area contributed by atoms with Gasteiger partial charge in [0.1, 0.15) is 10.6 Å². The molecule has 9 heteroatoms. The molecule has 0 aromatic heterocycles. The van der Waals surface area contributed by atoms with Gasteiger partial charge in [0.25, 0.3) is 5.91 Å². The van der Waals surface area contributed by atoms with Crippen molar-refractivity contribution in [2.24, 2.45) is 5.92 Å². The van der Waals surface area contributed by atoms with Crippen LogP contribution >= 0.6 is 0 Å². The standard InChI is InChI=1S/C25H32N2O6S/c1-18-3-4-19(2)24(15-18)34(29,30)33-22-7-5-20(6-8-22)25(28)26-16-23(21-9-12-32-17-21)27-10-13-31-14-11-27/h3-8,15,21,23H,9-14,16-17H2,1-2H3,(H,26,28). The molecule has 2 fully saturated rings. The first-order valence-electron chi connectivity index (χ1n) is 11.6. The van der Waals surface area contributed by atoms with Gasteiger partial charge in [0.2, 0.25) is 0 Å². The molecule has 2 aromatic carbocycles. The van der Waals surface area contributed by atoms with Crippen LogP contribution in [0.25, 0.3) is 0 Å². The number of nitrogens with zero attached hydrogens (tertiary/aromatic N) is 1. The quantitative estimate of drug-likeness (QED) is 0.571. The Balaban J connectivity index is 1.39. The van der Waals surface area contributed by atoms with Gasteiger partial charge in [-0.2, -0.15) is 8.42 Å². The van der Waals surface area contributed by atoms with Gasteiger partial charge in [0, 0.05) is 43.8 Å². The highest BCUT2D eigenvalue weighted by Crippen LogP contribution is 2.24. The number of hydrogen-bond acceptors (Lipinski definition) is 7. The molecule has 0 aliphatic carbocycles. The second-order valence-corrected chi connectivity index (χ2v) is 10.4. The summed E-state index contributed by atoms with van der Waals surface area (Å²) in [5, 5.41) is 3.04. The van der Waals surface area contributed by atoms with Crippen molar-refractivity contribution in [3.8, 4) is 5.75 Å². The third-order valence-electron chi connectivity index (χ3n) is 6.43. The van der Waals surface area contributed by atoms with E-state index >= 15 is 0 Å². The van der Waals surface area contributed by atoms with Crippen LogP contribution < -0.4 is 9.50 Å². The minimum Gasteiger partial charge on any atom is -0.381 e. The lowest BCUT2D eigenvalue weighted by molar-refractivity contribution is 0.00166. The number of hydrogen-bond donors (Lipinski definition) is 1. The van der Waals surface area contributed by atoms with E-state index in [1.165, 1.54) is 12.1 Å². The Morgan fingerprint density at radius 3 is 2.50 bits per heavy atom.